The number of nitrogens with one attached hydrogen (secondary N) is 3. The maximum Gasteiger partial charge on any atom is 0.345 e. The van der Waals surface area contributed by atoms with Crippen LogP contribution in [-0.4, -0.2) is 160 Å². The number of Topliss-reactive ketones (excluding diaryl/α,β-unsaturated/α-hetero) is 2. The van der Waals surface area contributed by atoms with E-state index in [1.54, 1.807) is 114 Å². The van der Waals surface area contributed by atoms with Crippen molar-refractivity contribution in [3.05, 3.63) is 297 Å². The predicted octanol–water partition coefficient (Wildman–Crippen LogP) is 15.4. The van der Waals surface area contributed by atoms with E-state index in [4.69, 9.17) is 22.3 Å². The number of carbonyl (C=O) groups excluding carboxylic acids is 7. The molecule has 0 fully saturated rings. The van der Waals surface area contributed by atoms with Crippen molar-refractivity contribution in [2.24, 2.45) is 23.1 Å². The highest BCUT2D eigenvalue weighted by Crippen LogP contribution is 2.44. The number of aromatic nitrogens is 12. The van der Waals surface area contributed by atoms with Crippen molar-refractivity contribution in [3.63, 3.8) is 0 Å². The zero-order valence-electron chi connectivity index (χ0n) is 69.4. The standard InChI is InChI=1S/C27H22BrN5O3S.2C19H20BrN5OS.C17H16N2O2.C11H9BrN2O2S/c28-21-14-30-33-11-5-9-22-20(24(21)33)13-23(37-22)25(34)31-17(12-16-6-3-4-10-29-16)15-32-26(35)18-7-1-2-8-19(18)27(32)36;2*20-15-11-23-25-7-3-5-16-14(18(15)25)9-17(27-16)19(26)24-13(10-21)8-12-4-1-2-6-22-12;18-11(9-12-5-3-4-8-19-12)10-15-16(20)13-6-1-2-7-14(13)17(15)21;12-7-5-13-14-3-1-2-8-6(10(7)14)4-9(17-8)11(15)16/h1-4,6-8,10,13-14,17H,5,9,11-12,15H2,(H,31,34);2*1-2,4,6,9,11,13H,3,5,7-8,10,21H2,(H,24,26);1-8,11,15H,9-10,18H2;4-5H,1-3H2,(H,15,16)/t17-;2*13-;11-;/m0000./s1. The molecule has 12 aromatic heterocycles. The summed E-state index contributed by atoms with van der Waals surface area (Å²) in [6, 6.07) is 43.1. The van der Waals surface area contributed by atoms with E-state index >= 15 is 0 Å². The molecule has 0 spiro atoms. The lowest BCUT2D eigenvalue weighted by atomic mass is 9.93. The summed E-state index contributed by atoms with van der Waals surface area (Å²) in [5.74, 6) is -2.80. The molecule has 0 bridgehead atoms. The Labute approximate surface area is 791 Å². The number of imide groups is 1. The fourth-order valence-electron chi connectivity index (χ4n) is 16.5. The highest BCUT2D eigenvalue weighted by atomic mass is 79.9. The van der Waals surface area contributed by atoms with Crippen molar-refractivity contribution in [1.29, 1.82) is 0 Å². The molecule has 36 heteroatoms. The highest BCUT2D eigenvalue weighted by molar-refractivity contribution is 9.11. The van der Waals surface area contributed by atoms with Crippen molar-refractivity contribution in [2.45, 2.75) is 134 Å². The van der Waals surface area contributed by atoms with Gasteiger partial charge in [-0.05, 0) is 206 Å². The van der Waals surface area contributed by atoms with E-state index in [1.165, 1.54) is 37.3 Å². The largest absolute Gasteiger partial charge is 0.477 e. The number of hydrogen-bond acceptors (Lipinski definition) is 23. The number of carbonyl (C=O) groups is 8. The molecule has 5 aliphatic heterocycles. The van der Waals surface area contributed by atoms with Crippen LogP contribution in [0.1, 0.15) is 155 Å². The van der Waals surface area contributed by atoms with Crippen LogP contribution < -0.4 is 33.2 Å². The summed E-state index contributed by atoms with van der Waals surface area (Å²) in [6.07, 6.45) is 24.3. The summed E-state index contributed by atoms with van der Waals surface area (Å²) < 4.78 is 11.7. The van der Waals surface area contributed by atoms with E-state index < -0.39 is 17.9 Å². The van der Waals surface area contributed by atoms with E-state index in [-0.39, 0.29) is 65.8 Å². The van der Waals surface area contributed by atoms with Gasteiger partial charge >= 0.3 is 5.97 Å². The third kappa shape index (κ3) is 21.0. The first-order valence-electron chi connectivity index (χ1n) is 42.0. The van der Waals surface area contributed by atoms with Gasteiger partial charge in [-0.15, -0.1) is 45.3 Å². The first-order valence-corrected chi connectivity index (χ1v) is 48.5. The van der Waals surface area contributed by atoms with Gasteiger partial charge in [0.05, 0.1) is 103 Å². The molecule has 28 nitrogen and oxygen atoms in total. The van der Waals surface area contributed by atoms with Crippen molar-refractivity contribution < 1.29 is 43.5 Å². The number of fused-ring (bicyclic) bond motifs is 14. The molecule has 4 atom stereocenters. The molecule has 17 heterocycles. The maximum absolute atomic E-state index is 13.5. The molecule has 660 valence electrons. The van der Waals surface area contributed by atoms with E-state index in [0.29, 0.717) is 87.0 Å². The number of carboxylic acids is 1. The van der Waals surface area contributed by atoms with E-state index in [2.05, 4.69) is 120 Å². The molecule has 5 amide bonds. The Balaban J connectivity index is 0.000000121. The van der Waals surface area contributed by atoms with Crippen LogP contribution in [-0.2, 0) is 77.5 Å². The Kier molecular flexibility index (Phi) is 29.5. The maximum atomic E-state index is 13.5. The average molecular weight is 2060 g/mol. The Morgan fingerprint density at radius 2 is 0.698 bits per heavy atom. The molecule has 0 saturated heterocycles. The number of benzene rings is 2. The minimum absolute atomic E-state index is 0.0536. The van der Waals surface area contributed by atoms with Crippen LogP contribution in [0.2, 0.25) is 0 Å². The number of carboxylic acid groups (broad SMARTS) is 1. The van der Waals surface area contributed by atoms with Crippen LogP contribution in [0.15, 0.2) is 213 Å². The fourth-order valence-corrected chi connectivity index (χ4v) is 22.9. The van der Waals surface area contributed by atoms with Gasteiger partial charge in [0.1, 0.15) is 4.88 Å². The third-order valence-electron chi connectivity index (χ3n) is 22.6. The Morgan fingerprint density at radius 1 is 0.403 bits per heavy atom. The third-order valence-corrected chi connectivity index (χ3v) is 29.7. The number of hydrogen-bond donors (Lipinski definition) is 7. The summed E-state index contributed by atoms with van der Waals surface area (Å²) in [5, 5.41) is 35.9. The van der Waals surface area contributed by atoms with E-state index in [0.717, 1.165) is 173 Å². The van der Waals surface area contributed by atoms with Crippen molar-refractivity contribution in [1.82, 2.24) is 79.9 Å². The molecule has 1 aliphatic carbocycles. The smallest absolute Gasteiger partial charge is 0.345 e. The number of aryl methyl sites for hydroxylation is 8. The molecule has 14 aromatic rings. The van der Waals surface area contributed by atoms with Gasteiger partial charge < -0.3 is 38.3 Å². The molecule has 0 unspecified atom stereocenters. The number of rotatable bonds is 21. The lowest BCUT2D eigenvalue weighted by Gasteiger charge is -2.23. The van der Waals surface area contributed by atoms with Gasteiger partial charge in [0.2, 0.25) is 0 Å². The Hall–Kier alpha value is -11.2. The number of thiophene rings is 4. The van der Waals surface area contributed by atoms with Crippen molar-refractivity contribution in [3.8, 4) is 45.0 Å². The van der Waals surface area contributed by atoms with Gasteiger partial charge in [-0.25, -0.2) is 4.79 Å². The fraction of sp³-hybridized carbons (Fsp3) is 0.269. The second-order valence-electron chi connectivity index (χ2n) is 31.4. The summed E-state index contributed by atoms with van der Waals surface area (Å²) in [7, 11) is 0. The van der Waals surface area contributed by atoms with Gasteiger partial charge in [0.15, 0.2) is 11.6 Å². The molecule has 6 aliphatic rings. The van der Waals surface area contributed by atoms with Crippen molar-refractivity contribution >= 4 is 156 Å². The number of amides is 5. The molecular formula is C93H87Br4N19O9S4. The number of halogens is 4. The zero-order valence-corrected chi connectivity index (χ0v) is 79.0. The van der Waals surface area contributed by atoms with Crippen LogP contribution in [0.25, 0.3) is 45.0 Å². The molecule has 20 rings (SSSR count). The zero-order chi connectivity index (χ0) is 89.9. The topological polar surface area (TPSA) is 397 Å². The number of ketones is 2. The summed E-state index contributed by atoms with van der Waals surface area (Å²) in [5.41, 5.74) is 31.5. The number of pyridine rings is 4. The van der Waals surface area contributed by atoms with Crippen LogP contribution in [0.4, 0.5) is 0 Å². The second-order valence-corrected chi connectivity index (χ2v) is 39.4. The van der Waals surface area contributed by atoms with Gasteiger partial charge in [0.25, 0.3) is 29.5 Å². The quantitative estimate of drug-likeness (QED) is 0.0259. The Bertz CT molecular complexity index is 6240. The van der Waals surface area contributed by atoms with Crippen LogP contribution in [0.5, 0.6) is 0 Å². The molecule has 129 heavy (non-hydrogen) atoms. The van der Waals surface area contributed by atoms with Crippen LogP contribution >= 0.6 is 109 Å². The predicted molar refractivity (Wildman–Crippen MR) is 510 cm³/mol. The SMILES string of the molecule is NC[C@H](Cc1ccccn1)NC(=O)c1cc2c(s1)CCCn1ncc(Br)c1-2.NC[C@H](Cc1ccccn1)NC(=O)c1cc2c(s1)CCCn1ncc(Br)c1-2.N[C@@H](Cc1ccccn1)CC1C(=O)c2ccccc2C1=O.O=C(N[C@@H](Cc1ccccn1)CN1C(=O)c2ccccc2C1=O)c1cc2c(s1)CCCn1ncc(Br)c1-2.O=C(O)c1cc2c(s1)CCCn1ncc(Br)c1-2. The summed E-state index contributed by atoms with van der Waals surface area (Å²) in [6.45, 7) is 4.28. The molecule has 0 radical (unpaired) electrons. The molecule has 2 aromatic carbocycles. The van der Waals surface area contributed by atoms with Gasteiger partial charge in [0, 0.05) is 190 Å². The number of nitrogens with zero attached hydrogens (tertiary/aromatic N) is 13. The average Bonchev–Trinajstić information content (AvgIpc) is 1.62. The first kappa shape index (κ1) is 91.2. The first-order chi connectivity index (χ1) is 62.6. The lowest BCUT2D eigenvalue weighted by Crippen LogP contribution is -2.46. The Morgan fingerprint density at radius 3 is 1.02 bits per heavy atom. The lowest BCUT2D eigenvalue weighted by molar-refractivity contribution is 0.0626. The van der Waals surface area contributed by atoms with E-state index in [9.17, 15) is 38.4 Å². The van der Waals surface area contributed by atoms with Gasteiger partial charge in [-0.3, -0.25) is 77.1 Å². The number of aromatic carboxylic acids is 1. The van der Waals surface area contributed by atoms with E-state index in [1.807, 2.05) is 122 Å². The molecule has 10 N–H and O–H groups in total. The normalized spacial score (nSPS) is 14.7. The monoisotopic (exact) mass is 2060 g/mol. The molecule has 0 saturated carbocycles. The van der Waals surface area contributed by atoms with Crippen molar-refractivity contribution in [2.75, 3.05) is 19.6 Å². The van der Waals surface area contributed by atoms with Crippen LogP contribution in [0.3, 0.4) is 0 Å². The van der Waals surface area contributed by atoms with Gasteiger partial charge in [-0.1, -0.05) is 60.7 Å². The van der Waals surface area contributed by atoms with Gasteiger partial charge in [-0.2, -0.15) is 20.4 Å². The van der Waals surface area contributed by atoms with Crippen LogP contribution in [0, 0.1) is 5.92 Å². The number of nitrogens with two attached hydrogens (primary N) is 3. The second kappa shape index (κ2) is 41.7. The summed E-state index contributed by atoms with van der Waals surface area (Å²) >= 11 is 20.2. The minimum Gasteiger partial charge on any atom is -0.477 e. The molecular weight excluding hydrogens is 1980 g/mol. The summed E-state index contributed by atoms with van der Waals surface area (Å²) in [4.78, 5) is 126. The highest BCUT2D eigenvalue weighted by Gasteiger charge is 2.41. The minimum atomic E-state index is -0.856.